The first kappa shape index (κ1) is 18.0. The van der Waals surface area contributed by atoms with Crippen LogP contribution in [0.3, 0.4) is 0 Å². The van der Waals surface area contributed by atoms with Crippen molar-refractivity contribution >= 4 is 66.4 Å². The van der Waals surface area contributed by atoms with Crippen molar-refractivity contribution in [2.45, 2.75) is 10.1 Å². The number of thioether (sulfide) groups is 1. The number of nitrogens with zero attached hydrogens (tertiary/aromatic N) is 3. The maximum atomic E-state index is 12.3. The van der Waals surface area contributed by atoms with E-state index in [0.29, 0.717) is 31.5 Å². The molecule has 0 unspecified atom stereocenters. The second-order valence-electron chi connectivity index (χ2n) is 4.80. The molecule has 0 aliphatic rings. The first-order valence-electron chi connectivity index (χ1n) is 6.68. The van der Waals surface area contributed by atoms with E-state index in [1.807, 2.05) is 0 Å². The van der Waals surface area contributed by atoms with Crippen molar-refractivity contribution in [2.24, 2.45) is 0 Å². The van der Waals surface area contributed by atoms with E-state index in [0.717, 1.165) is 4.47 Å². The van der Waals surface area contributed by atoms with Gasteiger partial charge in [0.15, 0.2) is 20.6 Å². The minimum Gasteiger partial charge on any atom is -0.275 e. The monoisotopic (exact) mass is 465 g/mol. The minimum absolute atomic E-state index is 0.0114. The average molecular weight is 467 g/mol. The molecule has 0 bridgehead atoms. The van der Waals surface area contributed by atoms with Crippen molar-refractivity contribution in [1.82, 2.24) is 14.6 Å². The molecule has 0 saturated heterocycles. The molecule has 0 radical (unpaired) electrons. The summed E-state index contributed by atoms with van der Waals surface area (Å²) in [6, 6.07) is 8.15. The lowest BCUT2D eigenvalue weighted by atomic mass is 10.4. The smallest absolute Gasteiger partial charge is 0.195 e. The molecule has 3 aromatic rings. The lowest BCUT2D eigenvalue weighted by Crippen LogP contribution is -2.09. The maximum absolute atomic E-state index is 12.3. The molecule has 2 aromatic heterocycles. The Labute approximate surface area is 161 Å². The van der Waals surface area contributed by atoms with Crippen molar-refractivity contribution < 1.29 is 8.42 Å². The van der Waals surface area contributed by atoms with Crippen LogP contribution >= 0.6 is 50.9 Å². The van der Waals surface area contributed by atoms with E-state index in [1.165, 1.54) is 11.8 Å². The summed E-state index contributed by atoms with van der Waals surface area (Å²) in [4.78, 5) is 0.295. The highest BCUT2D eigenvalue weighted by Gasteiger charge is 2.16. The molecule has 0 spiro atoms. The normalized spacial score (nSPS) is 12.0. The van der Waals surface area contributed by atoms with Crippen LogP contribution in [0.15, 0.2) is 51.1 Å². The number of benzene rings is 1. The molecule has 2 heterocycles. The fourth-order valence-corrected chi connectivity index (χ4v) is 5.33. The molecule has 126 valence electrons. The fraction of sp³-hybridized carbons (Fsp3) is 0.143. The first-order valence-corrected chi connectivity index (χ1v) is 10.9. The third-order valence-corrected chi connectivity index (χ3v) is 7.10. The van der Waals surface area contributed by atoms with Gasteiger partial charge in [-0.1, -0.05) is 50.9 Å². The Bertz CT molecular complexity index is 991. The van der Waals surface area contributed by atoms with Gasteiger partial charge in [-0.3, -0.25) is 4.40 Å². The summed E-state index contributed by atoms with van der Waals surface area (Å²) in [5.41, 5.74) is 0.485. The molecule has 1 aromatic carbocycles. The minimum atomic E-state index is -3.35. The van der Waals surface area contributed by atoms with Crippen LogP contribution < -0.4 is 0 Å². The third kappa shape index (κ3) is 3.88. The quantitative estimate of drug-likeness (QED) is 0.522. The van der Waals surface area contributed by atoms with Gasteiger partial charge in [-0.15, -0.1) is 10.2 Å². The number of hydrogen-bond acceptors (Lipinski definition) is 5. The van der Waals surface area contributed by atoms with Crippen molar-refractivity contribution in [3.63, 3.8) is 0 Å². The zero-order chi connectivity index (χ0) is 17.3. The second-order valence-corrected chi connectivity index (χ2v) is 9.73. The van der Waals surface area contributed by atoms with Crippen LogP contribution in [0.2, 0.25) is 10.0 Å². The summed E-state index contributed by atoms with van der Waals surface area (Å²) in [5.74, 6) is 0.325. The zero-order valence-corrected chi connectivity index (χ0v) is 16.7. The summed E-state index contributed by atoms with van der Waals surface area (Å²) < 4.78 is 27.1. The van der Waals surface area contributed by atoms with E-state index in [1.54, 1.807) is 40.9 Å². The van der Waals surface area contributed by atoms with Crippen LogP contribution in [0.25, 0.3) is 5.65 Å². The van der Waals surface area contributed by atoms with E-state index >= 15 is 0 Å². The molecule has 10 heteroatoms. The second kappa shape index (κ2) is 7.21. The van der Waals surface area contributed by atoms with E-state index in [9.17, 15) is 8.42 Å². The Morgan fingerprint density at radius 3 is 2.58 bits per heavy atom. The Morgan fingerprint density at radius 2 is 1.88 bits per heavy atom. The van der Waals surface area contributed by atoms with Crippen molar-refractivity contribution in [1.29, 1.82) is 0 Å². The molecule has 24 heavy (non-hydrogen) atoms. The summed E-state index contributed by atoms with van der Waals surface area (Å²) in [5, 5.41) is 9.41. The van der Waals surface area contributed by atoms with Crippen molar-refractivity contribution in [3.05, 3.63) is 51.0 Å². The van der Waals surface area contributed by atoms with Gasteiger partial charge in [0.1, 0.15) is 0 Å². The highest BCUT2D eigenvalue weighted by Crippen LogP contribution is 2.26. The molecule has 0 amide bonds. The number of sulfone groups is 1. The molecule has 0 atom stereocenters. The number of halogens is 3. The molecule has 0 saturated carbocycles. The largest absolute Gasteiger partial charge is 0.275 e. The topological polar surface area (TPSA) is 64.3 Å². The number of hydrogen-bond donors (Lipinski definition) is 0. The molecular weight excluding hydrogens is 457 g/mol. The Kier molecular flexibility index (Phi) is 5.41. The lowest BCUT2D eigenvalue weighted by molar-refractivity contribution is 0.597. The van der Waals surface area contributed by atoms with Crippen LogP contribution in [-0.2, 0) is 9.84 Å². The van der Waals surface area contributed by atoms with E-state index < -0.39 is 9.84 Å². The van der Waals surface area contributed by atoms with Gasteiger partial charge in [-0.25, -0.2) is 8.42 Å². The van der Waals surface area contributed by atoms with Crippen LogP contribution in [0.1, 0.15) is 0 Å². The Hall–Kier alpha value is -0.800. The van der Waals surface area contributed by atoms with Crippen molar-refractivity contribution in [3.8, 4) is 0 Å². The van der Waals surface area contributed by atoms with Gasteiger partial charge in [-0.05, 0) is 30.3 Å². The molecule has 0 aliphatic carbocycles. The van der Waals surface area contributed by atoms with Gasteiger partial charge in [0.2, 0.25) is 0 Å². The summed E-state index contributed by atoms with van der Waals surface area (Å²) in [6.45, 7) is 0. The van der Waals surface area contributed by atoms with Gasteiger partial charge in [0.05, 0.1) is 20.7 Å². The number of aromatic nitrogens is 3. The van der Waals surface area contributed by atoms with E-state index in [2.05, 4.69) is 26.1 Å². The van der Waals surface area contributed by atoms with Gasteiger partial charge in [0, 0.05) is 16.4 Å². The molecule has 5 nitrogen and oxygen atoms in total. The lowest BCUT2D eigenvalue weighted by Gasteiger charge is -2.04. The van der Waals surface area contributed by atoms with Crippen LogP contribution in [0, 0.1) is 0 Å². The highest BCUT2D eigenvalue weighted by atomic mass is 79.9. The van der Waals surface area contributed by atoms with E-state index in [-0.39, 0.29) is 5.75 Å². The molecule has 0 fully saturated rings. The number of pyridine rings is 1. The first-order chi connectivity index (χ1) is 11.4. The predicted molar refractivity (Wildman–Crippen MR) is 99.9 cm³/mol. The van der Waals surface area contributed by atoms with Crippen LogP contribution in [0.4, 0.5) is 0 Å². The highest BCUT2D eigenvalue weighted by molar-refractivity contribution is 9.10. The van der Waals surface area contributed by atoms with Crippen LogP contribution in [0.5, 0.6) is 0 Å². The number of rotatable bonds is 5. The Morgan fingerprint density at radius 1 is 1.17 bits per heavy atom. The summed E-state index contributed by atoms with van der Waals surface area (Å²) >= 11 is 16.6. The summed E-state index contributed by atoms with van der Waals surface area (Å²) in [7, 11) is -3.35. The van der Waals surface area contributed by atoms with Gasteiger partial charge in [0.25, 0.3) is 0 Å². The average Bonchev–Trinajstić information content (AvgIpc) is 2.91. The van der Waals surface area contributed by atoms with E-state index in [4.69, 9.17) is 23.2 Å². The Balaban J connectivity index is 1.74. The fourth-order valence-electron chi connectivity index (χ4n) is 2.00. The summed E-state index contributed by atoms with van der Waals surface area (Å²) in [6.07, 6.45) is 1.65. The van der Waals surface area contributed by atoms with Crippen molar-refractivity contribution in [2.75, 3.05) is 11.5 Å². The molecule has 0 aliphatic heterocycles. The maximum Gasteiger partial charge on any atom is 0.195 e. The van der Waals surface area contributed by atoms with Gasteiger partial charge < -0.3 is 0 Å². The molecular formula is C14H10BrCl2N3O2S2. The van der Waals surface area contributed by atoms with Gasteiger partial charge >= 0.3 is 0 Å². The van der Waals surface area contributed by atoms with Crippen LogP contribution in [-0.4, -0.2) is 34.5 Å². The predicted octanol–water partition coefficient (Wildman–Crippen LogP) is 4.36. The SMILES string of the molecule is O=S(=O)(CCSc1nnc2c(Cl)cc(Cl)cn12)c1ccc(Br)cc1. The third-order valence-electron chi connectivity index (χ3n) is 3.15. The number of fused-ring (bicyclic) bond motifs is 1. The van der Waals surface area contributed by atoms with Gasteiger partial charge in [-0.2, -0.15) is 0 Å². The standard InChI is InChI=1S/C14H10BrCl2N3O2S2/c15-9-1-3-11(4-2-9)24(21,22)6-5-23-14-19-18-13-12(17)7-10(16)8-20(13)14/h1-4,7-8H,5-6H2. The molecule has 0 N–H and O–H groups in total. The zero-order valence-electron chi connectivity index (χ0n) is 12.0. The molecule has 3 rings (SSSR count).